The topological polar surface area (TPSA) is 44.9 Å². The van der Waals surface area contributed by atoms with E-state index in [4.69, 9.17) is 0 Å². The first kappa shape index (κ1) is 18.9. The maximum Gasteiger partial charge on any atom is 0.106 e. The fourth-order valence-electron chi connectivity index (χ4n) is 4.52. The molecule has 3 aromatic rings. The van der Waals surface area contributed by atoms with Gasteiger partial charge in [-0.25, -0.2) is 0 Å². The molecule has 4 rings (SSSR count). The van der Waals surface area contributed by atoms with Crippen LogP contribution in [0.3, 0.4) is 0 Å². The first-order chi connectivity index (χ1) is 13.7. The minimum Gasteiger partial charge on any atom is -0.388 e. The number of rotatable bonds is 5. The first-order valence-electron chi connectivity index (χ1n) is 10.1. The lowest BCUT2D eigenvalue weighted by Gasteiger charge is -2.45. The third kappa shape index (κ3) is 3.88. The average Bonchev–Trinajstić information content (AvgIpc) is 2.77. The smallest absolute Gasteiger partial charge is 0.106 e. The second kappa shape index (κ2) is 8.27. The predicted octanol–water partition coefficient (Wildman–Crippen LogP) is 2.71. The zero-order valence-corrected chi connectivity index (χ0v) is 16.0. The van der Waals surface area contributed by atoms with E-state index in [1.165, 1.54) is 10.5 Å². The summed E-state index contributed by atoms with van der Waals surface area (Å²) in [6.45, 7) is 2.50. The normalized spacial score (nSPS) is 25.9. The molecule has 144 valence electrons. The van der Waals surface area contributed by atoms with Gasteiger partial charge in [-0.3, -0.25) is 0 Å². The second-order valence-electron chi connectivity index (χ2n) is 7.87. The van der Waals surface area contributed by atoms with Crippen LogP contribution < -0.4 is 4.90 Å². The fourth-order valence-corrected chi connectivity index (χ4v) is 4.52. The minimum absolute atomic E-state index is 0.273. The molecule has 0 amide bonds. The van der Waals surface area contributed by atoms with Gasteiger partial charge in [0.15, 0.2) is 0 Å². The molecule has 3 nitrogen and oxygen atoms in total. The van der Waals surface area contributed by atoms with Crippen molar-refractivity contribution >= 4 is 0 Å². The molecule has 0 radical (unpaired) electrons. The Kier molecular flexibility index (Phi) is 5.58. The van der Waals surface area contributed by atoms with Crippen LogP contribution in [0.2, 0.25) is 0 Å². The van der Waals surface area contributed by atoms with Gasteiger partial charge in [0, 0.05) is 12.0 Å². The summed E-state index contributed by atoms with van der Waals surface area (Å²) in [7, 11) is 0. The third-order valence-corrected chi connectivity index (χ3v) is 6.07. The van der Waals surface area contributed by atoms with E-state index in [0.717, 1.165) is 30.8 Å². The Morgan fingerprint density at radius 2 is 1.43 bits per heavy atom. The van der Waals surface area contributed by atoms with Crippen molar-refractivity contribution in [3.8, 4) is 0 Å². The average molecular weight is 375 g/mol. The van der Waals surface area contributed by atoms with Gasteiger partial charge in [0.1, 0.15) is 12.1 Å². The standard InChI is InChI=1S/C25H27NO2/c27-24(21-12-6-2-7-13-21)23-19-26(18-20-10-4-1-5-11-20)17-16-25(23,28)22-14-8-3-9-15-22/h1-15,23-24,27-28H,16-19H2/p+1/t23-,24+,25-/m0/s1. The van der Waals surface area contributed by atoms with Crippen molar-refractivity contribution < 1.29 is 15.1 Å². The first-order valence-corrected chi connectivity index (χ1v) is 10.1. The van der Waals surface area contributed by atoms with Gasteiger partial charge in [0.2, 0.25) is 0 Å². The van der Waals surface area contributed by atoms with Crippen molar-refractivity contribution in [3.05, 3.63) is 108 Å². The number of piperidine rings is 1. The van der Waals surface area contributed by atoms with Crippen LogP contribution in [0.4, 0.5) is 0 Å². The van der Waals surface area contributed by atoms with Crippen molar-refractivity contribution in [1.82, 2.24) is 0 Å². The van der Waals surface area contributed by atoms with Gasteiger partial charge >= 0.3 is 0 Å². The minimum atomic E-state index is -1.03. The van der Waals surface area contributed by atoms with Crippen molar-refractivity contribution in [2.75, 3.05) is 13.1 Å². The van der Waals surface area contributed by atoms with E-state index in [2.05, 4.69) is 24.3 Å². The number of hydrogen-bond acceptors (Lipinski definition) is 2. The van der Waals surface area contributed by atoms with Gasteiger partial charge in [0.05, 0.1) is 25.1 Å². The summed E-state index contributed by atoms with van der Waals surface area (Å²) in [5, 5.41) is 23.0. The highest BCUT2D eigenvalue weighted by Crippen LogP contribution is 2.41. The van der Waals surface area contributed by atoms with E-state index < -0.39 is 11.7 Å². The molecule has 1 unspecified atom stereocenters. The van der Waals surface area contributed by atoms with E-state index in [1.807, 2.05) is 66.7 Å². The zero-order valence-electron chi connectivity index (χ0n) is 16.0. The summed E-state index contributed by atoms with van der Waals surface area (Å²) in [4.78, 5) is 1.40. The Morgan fingerprint density at radius 1 is 0.857 bits per heavy atom. The molecule has 0 aliphatic carbocycles. The number of benzene rings is 3. The number of nitrogens with one attached hydrogen (secondary N) is 1. The largest absolute Gasteiger partial charge is 0.388 e. The van der Waals surface area contributed by atoms with Crippen molar-refractivity contribution in [1.29, 1.82) is 0 Å². The van der Waals surface area contributed by atoms with Crippen LogP contribution >= 0.6 is 0 Å². The van der Waals surface area contributed by atoms with Crippen LogP contribution in [0.1, 0.15) is 29.2 Å². The second-order valence-corrected chi connectivity index (χ2v) is 7.87. The third-order valence-electron chi connectivity index (χ3n) is 6.07. The molecule has 3 aromatic carbocycles. The van der Waals surface area contributed by atoms with E-state index in [0.29, 0.717) is 6.42 Å². The van der Waals surface area contributed by atoms with Crippen LogP contribution in [0.5, 0.6) is 0 Å². The number of likely N-dealkylation sites (tertiary alicyclic amines) is 1. The molecule has 0 spiro atoms. The molecular weight excluding hydrogens is 346 g/mol. The fraction of sp³-hybridized carbons (Fsp3) is 0.280. The Hall–Kier alpha value is -2.46. The summed E-state index contributed by atoms with van der Waals surface area (Å²) in [6, 6.07) is 30.0. The molecule has 4 atom stereocenters. The lowest BCUT2D eigenvalue weighted by molar-refractivity contribution is -0.926. The van der Waals surface area contributed by atoms with Crippen LogP contribution in [0.15, 0.2) is 91.0 Å². The van der Waals surface area contributed by atoms with Crippen molar-refractivity contribution in [3.63, 3.8) is 0 Å². The number of quaternary nitrogens is 1. The molecular formula is C25H28NO2+. The maximum atomic E-state index is 11.7. The Bertz CT molecular complexity index is 869. The van der Waals surface area contributed by atoms with Gasteiger partial charge in [-0.05, 0) is 11.1 Å². The molecule has 3 N–H and O–H groups in total. The van der Waals surface area contributed by atoms with E-state index >= 15 is 0 Å². The highest BCUT2D eigenvalue weighted by atomic mass is 16.3. The Labute approximate surface area is 166 Å². The summed E-state index contributed by atoms with van der Waals surface area (Å²) >= 11 is 0. The summed E-state index contributed by atoms with van der Waals surface area (Å²) in [5.74, 6) is -0.273. The quantitative estimate of drug-likeness (QED) is 0.643. The van der Waals surface area contributed by atoms with E-state index in [-0.39, 0.29) is 5.92 Å². The van der Waals surface area contributed by atoms with Gasteiger partial charge in [-0.2, -0.15) is 0 Å². The molecule has 0 saturated carbocycles. The SMILES string of the molecule is O[C@H](c1ccccc1)[C@@H]1C[NH+](Cc2ccccc2)CC[C@]1(O)c1ccccc1. The van der Waals surface area contributed by atoms with Gasteiger partial charge in [-0.1, -0.05) is 91.0 Å². The zero-order chi connectivity index (χ0) is 19.4. The molecule has 1 aliphatic rings. The molecule has 1 saturated heterocycles. The molecule has 28 heavy (non-hydrogen) atoms. The Balaban J connectivity index is 1.64. The molecule has 1 fully saturated rings. The summed E-state index contributed by atoms with van der Waals surface area (Å²) in [6.07, 6.45) is -0.0780. The van der Waals surface area contributed by atoms with Gasteiger partial charge in [0.25, 0.3) is 0 Å². The van der Waals surface area contributed by atoms with E-state index in [1.54, 1.807) is 0 Å². The highest BCUT2D eigenvalue weighted by Gasteiger charge is 2.48. The highest BCUT2D eigenvalue weighted by molar-refractivity contribution is 5.27. The Morgan fingerprint density at radius 3 is 2.07 bits per heavy atom. The molecule has 1 heterocycles. The number of aliphatic hydroxyl groups is 2. The molecule has 0 bridgehead atoms. The van der Waals surface area contributed by atoms with Crippen LogP contribution in [0, 0.1) is 5.92 Å². The lowest BCUT2D eigenvalue weighted by Crippen LogP contribution is -3.13. The van der Waals surface area contributed by atoms with Gasteiger partial charge < -0.3 is 15.1 Å². The summed E-state index contributed by atoms with van der Waals surface area (Å²) < 4.78 is 0. The van der Waals surface area contributed by atoms with Crippen LogP contribution in [0.25, 0.3) is 0 Å². The summed E-state index contributed by atoms with van der Waals surface area (Å²) in [5.41, 5.74) is 2.02. The molecule has 3 heteroatoms. The monoisotopic (exact) mass is 374 g/mol. The van der Waals surface area contributed by atoms with Crippen LogP contribution in [-0.2, 0) is 12.1 Å². The van der Waals surface area contributed by atoms with Crippen LogP contribution in [-0.4, -0.2) is 23.3 Å². The molecule has 1 aliphatic heterocycles. The lowest BCUT2D eigenvalue weighted by atomic mass is 9.72. The number of hydrogen-bond donors (Lipinski definition) is 3. The molecule has 0 aromatic heterocycles. The van der Waals surface area contributed by atoms with E-state index in [9.17, 15) is 10.2 Å². The van der Waals surface area contributed by atoms with Gasteiger partial charge in [-0.15, -0.1) is 0 Å². The van der Waals surface area contributed by atoms with Crippen molar-refractivity contribution in [2.45, 2.75) is 24.7 Å². The predicted molar refractivity (Wildman–Crippen MR) is 111 cm³/mol. The maximum absolute atomic E-state index is 11.7. The van der Waals surface area contributed by atoms with Crippen molar-refractivity contribution in [2.24, 2.45) is 5.92 Å². The number of aliphatic hydroxyl groups excluding tert-OH is 1.